The summed E-state index contributed by atoms with van der Waals surface area (Å²) in [6.07, 6.45) is 0.556. The Kier molecular flexibility index (Phi) is 6.91. The summed E-state index contributed by atoms with van der Waals surface area (Å²) in [6, 6.07) is 20.7. The number of carbonyl (C=O) groups excluding carboxylic acids is 1. The summed E-state index contributed by atoms with van der Waals surface area (Å²) in [7, 11) is -3.62. The van der Waals surface area contributed by atoms with E-state index in [1.807, 2.05) is 30.3 Å². The van der Waals surface area contributed by atoms with Crippen LogP contribution in [0.5, 0.6) is 5.75 Å². The molecule has 0 radical (unpaired) electrons. The molecule has 0 spiro atoms. The molecule has 0 aromatic heterocycles. The largest absolute Gasteiger partial charge is 0.423 e. The average Bonchev–Trinajstić information content (AvgIpc) is 2.82. The Labute approximate surface area is 192 Å². The molecule has 0 bridgehead atoms. The van der Waals surface area contributed by atoms with Crippen LogP contribution in [0.3, 0.4) is 0 Å². The molecule has 1 fully saturated rings. The van der Waals surface area contributed by atoms with E-state index in [4.69, 9.17) is 21.1 Å². The molecule has 3 aromatic carbocycles. The molecule has 0 saturated carbocycles. The van der Waals surface area contributed by atoms with Crippen LogP contribution in [0, 0.1) is 0 Å². The Bertz CT molecular complexity index is 1190. The fraction of sp³-hybridized carbons (Fsp3) is 0.208. The Balaban J connectivity index is 1.51. The van der Waals surface area contributed by atoms with E-state index >= 15 is 0 Å². The van der Waals surface area contributed by atoms with Crippen LogP contribution < -0.4 is 4.74 Å². The van der Waals surface area contributed by atoms with Gasteiger partial charge in [-0.1, -0.05) is 41.9 Å². The van der Waals surface area contributed by atoms with Crippen LogP contribution in [-0.4, -0.2) is 45.0 Å². The first kappa shape index (κ1) is 22.5. The molecule has 6 nitrogen and oxygen atoms in total. The summed E-state index contributed by atoms with van der Waals surface area (Å²) in [5.41, 5.74) is 2.10. The number of nitrogens with zero attached hydrogens (tertiary/aromatic N) is 1. The average molecular weight is 472 g/mol. The molecule has 8 heteroatoms. The lowest BCUT2D eigenvalue weighted by molar-refractivity contribution is 0.0730. The van der Waals surface area contributed by atoms with E-state index < -0.39 is 16.0 Å². The predicted octanol–water partition coefficient (Wildman–Crippen LogP) is 4.17. The molecule has 166 valence electrons. The molecule has 0 amide bonds. The van der Waals surface area contributed by atoms with Gasteiger partial charge in [-0.05, 0) is 48.0 Å². The van der Waals surface area contributed by atoms with Crippen molar-refractivity contribution in [1.82, 2.24) is 4.31 Å². The summed E-state index contributed by atoms with van der Waals surface area (Å²) < 4.78 is 37.7. The van der Waals surface area contributed by atoms with Gasteiger partial charge in [0.05, 0.1) is 23.7 Å². The lowest BCUT2D eigenvalue weighted by Gasteiger charge is -2.26. The van der Waals surface area contributed by atoms with Crippen molar-refractivity contribution in [3.05, 3.63) is 94.5 Å². The van der Waals surface area contributed by atoms with Gasteiger partial charge in [-0.25, -0.2) is 13.2 Å². The molecule has 1 aliphatic rings. The quantitative estimate of drug-likeness (QED) is 0.398. The molecule has 1 saturated heterocycles. The molecule has 0 N–H and O–H groups in total. The molecule has 3 aromatic rings. The number of esters is 1. The van der Waals surface area contributed by atoms with Gasteiger partial charge in [-0.15, -0.1) is 0 Å². The maximum Gasteiger partial charge on any atom is 0.343 e. The third-order valence-corrected chi connectivity index (χ3v) is 7.31. The lowest BCUT2D eigenvalue weighted by atomic mass is 10.0. The summed E-state index contributed by atoms with van der Waals surface area (Å²) in [6.45, 7) is 1.37. The van der Waals surface area contributed by atoms with Crippen LogP contribution in [0.1, 0.15) is 21.5 Å². The zero-order valence-corrected chi connectivity index (χ0v) is 18.8. The van der Waals surface area contributed by atoms with Crippen LogP contribution in [-0.2, 0) is 21.2 Å². The van der Waals surface area contributed by atoms with E-state index in [9.17, 15) is 13.2 Å². The minimum atomic E-state index is -3.62. The summed E-state index contributed by atoms with van der Waals surface area (Å²) in [5, 5.41) is 0.549. The molecule has 4 rings (SSSR count). The minimum Gasteiger partial charge on any atom is -0.423 e. The van der Waals surface area contributed by atoms with Crippen LogP contribution in [0.4, 0.5) is 0 Å². The highest BCUT2D eigenvalue weighted by Gasteiger charge is 2.26. The first-order chi connectivity index (χ1) is 15.4. The topological polar surface area (TPSA) is 72.9 Å². The normalized spacial score (nSPS) is 14.8. The molecule has 32 heavy (non-hydrogen) atoms. The van der Waals surface area contributed by atoms with Crippen molar-refractivity contribution in [2.45, 2.75) is 11.3 Å². The van der Waals surface area contributed by atoms with Gasteiger partial charge in [-0.3, -0.25) is 0 Å². The van der Waals surface area contributed by atoms with E-state index in [2.05, 4.69) is 0 Å². The molecular formula is C24H22ClNO5S. The van der Waals surface area contributed by atoms with Crippen molar-refractivity contribution in [2.24, 2.45) is 0 Å². The first-order valence-electron chi connectivity index (χ1n) is 10.2. The minimum absolute atomic E-state index is 0.132. The Morgan fingerprint density at radius 2 is 1.66 bits per heavy atom. The molecule has 1 heterocycles. The van der Waals surface area contributed by atoms with Crippen molar-refractivity contribution < 1.29 is 22.7 Å². The third kappa shape index (κ3) is 5.19. The second-order valence-electron chi connectivity index (χ2n) is 7.34. The second kappa shape index (κ2) is 9.83. The van der Waals surface area contributed by atoms with E-state index in [1.165, 1.54) is 28.6 Å². The monoisotopic (exact) mass is 471 g/mol. The standard InChI is InChI=1S/C24H22ClNO5S/c25-21-8-11-23(20(17-21)16-18-4-2-1-3-5-18)31-24(27)19-6-9-22(10-7-19)32(28,29)26-12-14-30-15-13-26/h1-11,17H,12-16H2. The number of rotatable bonds is 6. The van der Waals surface area contributed by atoms with Crippen molar-refractivity contribution in [2.75, 3.05) is 26.3 Å². The van der Waals surface area contributed by atoms with Gasteiger partial charge in [0.1, 0.15) is 5.75 Å². The number of benzene rings is 3. The first-order valence-corrected chi connectivity index (χ1v) is 12.0. The number of ether oxygens (including phenoxy) is 2. The second-order valence-corrected chi connectivity index (χ2v) is 9.72. The number of hydrogen-bond donors (Lipinski definition) is 0. The fourth-order valence-corrected chi connectivity index (χ4v) is 5.06. The predicted molar refractivity (Wildman–Crippen MR) is 122 cm³/mol. The van der Waals surface area contributed by atoms with Crippen molar-refractivity contribution in [3.8, 4) is 5.75 Å². The molecular weight excluding hydrogens is 450 g/mol. The fourth-order valence-electron chi connectivity index (χ4n) is 3.46. The van der Waals surface area contributed by atoms with Crippen LogP contribution in [0.2, 0.25) is 5.02 Å². The van der Waals surface area contributed by atoms with Gasteiger partial charge >= 0.3 is 5.97 Å². The zero-order valence-electron chi connectivity index (χ0n) is 17.2. The Morgan fingerprint density at radius 3 is 2.34 bits per heavy atom. The van der Waals surface area contributed by atoms with Gasteiger partial charge in [0.15, 0.2) is 0 Å². The number of halogens is 1. The Morgan fingerprint density at radius 1 is 0.969 bits per heavy atom. The van der Waals surface area contributed by atoms with E-state index in [-0.39, 0.29) is 10.5 Å². The summed E-state index contributed by atoms with van der Waals surface area (Å²) in [5.74, 6) is -0.162. The SMILES string of the molecule is O=C(Oc1ccc(Cl)cc1Cc1ccccc1)c1ccc(S(=O)(=O)N2CCOCC2)cc1. The highest BCUT2D eigenvalue weighted by atomic mass is 35.5. The molecule has 0 unspecified atom stereocenters. The maximum absolute atomic E-state index is 12.8. The van der Waals surface area contributed by atoms with Gasteiger partial charge in [0.25, 0.3) is 0 Å². The van der Waals surface area contributed by atoms with E-state index in [1.54, 1.807) is 18.2 Å². The third-order valence-electron chi connectivity index (χ3n) is 5.16. The van der Waals surface area contributed by atoms with Crippen molar-refractivity contribution in [1.29, 1.82) is 0 Å². The van der Waals surface area contributed by atoms with Crippen molar-refractivity contribution in [3.63, 3.8) is 0 Å². The maximum atomic E-state index is 12.8. The highest BCUT2D eigenvalue weighted by Crippen LogP contribution is 2.27. The van der Waals surface area contributed by atoms with Crippen LogP contribution >= 0.6 is 11.6 Å². The molecule has 0 aliphatic carbocycles. The van der Waals surface area contributed by atoms with Crippen LogP contribution in [0.25, 0.3) is 0 Å². The summed E-state index contributed by atoms with van der Waals surface area (Å²) >= 11 is 6.15. The molecule has 1 aliphatic heterocycles. The van der Waals surface area contributed by atoms with Crippen LogP contribution in [0.15, 0.2) is 77.7 Å². The summed E-state index contributed by atoms with van der Waals surface area (Å²) in [4.78, 5) is 12.9. The lowest BCUT2D eigenvalue weighted by Crippen LogP contribution is -2.40. The zero-order chi connectivity index (χ0) is 22.6. The molecule has 0 atom stereocenters. The number of hydrogen-bond acceptors (Lipinski definition) is 5. The number of sulfonamides is 1. The van der Waals surface area contributed by atoms with Gasteiger partial charge in [-0.2, -0.15) is 4.31 Å². The van der Waals surface area contributed by atoms with E-state index in [0.717, 1.165) is 11.1 Å². The Hall–Kier alpha value is -2.71. The van der Waals surface area contributed by atoms with Gasteiger partial charge in [0.2, 0.25) is 10.0 Å². The van der Waals surface area contributed by atoms with Gasteiger partial charge in [0, 0.05) is 30.1 Å². The highest BCUT2D eigenvalue weighted by molar-refractivity contribution is 7.89. The number of carbonyl (C=O) groups is 1. The van der Waals surface area contributed by atoms with E-state index in [0.29, 0.717) is 43.5 Å². The van der Waals surface area contributed by atoms with Gasteiger partial charge < -0.3 is 9.47 Å². The smallest absolute Gasteiger partial charge is 0.343 e. The number of morpholine rings is 1. The van der Waals surface area contributed by atoms with Crippen molar-refractivity contribution >= 4 is 27.6 Å².